The van der Waals surface area contributed by atoms with Gasteiger partial charge in [0.25, 0.3) is 11.8 Å². The van der Waals surface area contributed by atoms with Crippen LogP contribution in [0.5, 0.6) is 0 Å². The van der Waals surface area contributed by atoms with E-state index in [1.165, 1.54) is 11.3 Å². The largest absolute Gasteiger partial charge is 0.402 e. The molecule has 3 rings (SSSR count). The SMILES string of the molecule is CCn1nc(C)cc1C(=O)Nc1nnc(-c2cccs2)o1. The number of hydrogen-bond acceptors (Lipinski definition) is 6. The Morgan fingerprint density at radius 1 is 1.48 bits per heavy atom. The molecule has 7 nitrogen and oxygen atoms in total. The minimum absolute atomic E-state index is 0.0740. The number of aryl methyl sites for hydroxylation is 2. The molecule has 0 spiro atoms. The molecule has 3 aromatic rings. The summed E-state index contributed by atoms with van der Waals surface area (Å²) in [4.78, 5) is 13.1. The number of thiophene rings is 1. The number of carbonyl (C=O) groups excluding carboxylic acids is 1. The Hall–Kier alpha value is -2.48. The number of hydrogen-bond donors (Lipinski definition) is 1. The molecule has 0 aliphatic heterocycles. The van der Waals surface area contributed by atoms with E-state index >= 15 is 0 Å². The summed E-state index contributed by atoms with van der Waals surface area (Å²) in [6.45, 7) is 4.37. The van der Waals surface area contributed by atoms with Gasteiger partial charge in [0, 0.05) is 6.54 Å². The summed E-state index contributed by atoms with van der Waals surface area (Å²) in [6, 6.07) is 5.56. The van der Waals surface area contributed by atoms with E-state index in [1.807, 2.05) is 31.4 Å². The fraction of sp³-hybridized carbons (Fsp3) is 0.231. The Morgan fingerprint density at radius 2 is 2.33 bits per heavy atom. The van der Waals surface area contributed by atoms with E-state index in [9.17, 15) is 4.79 Å². The molecule has 0 saturated heterocycles. The van der Waals surface area contributed by atoms with Crippen molar-refractivity contribution in [2.24, 2.45) is 0 Å². The maximum atomic E-state index is 12.2. The van der Waals surface area contributed by atoms with Gasteiger partial charge in [-0.3, -0.25) is 14.8 Å². The van der Waals surface area contributed by atoms with Crippen LogP contribution in [-0.4, -0.2) is 25.9 Å². The third-order valence-electron chi connectivity index (χ3n) is 2.81. The number of carbonyl (C=O) groups is 1. The number of nitrogens with zero attached hydrogens (tertiary/aromatic N) is 4. The molecule has 1 amide bonds. The van der Waals surface area contributed by atoms with E-state index in [0.717, 1.165) is 10.6 Å². The highest BCUT2D eigenvalue weighted by molar-refractivity contribution is 7.13. The van der Waals surface area contributed by atoms with Gasteiger partial charge in [-0.25, -0.2) is 0 Å². The second kappa shape index (κ2) is 5.49. The predicted molar refractivity (Wildman–Crippen MR) is 78.2 cm³/mol. The lowest BCUT2D eigenvalue weighted by molar-refractivity contribution is 0.101. The summed E-state index contributed by atoms with van der Waals surface area (Å²) < 4.78 is 7.05. The van der Waals surface area contributed by atoms with Gasteiger partial charge < -0.3 is 4.42 Å². The second-order valence-electron chi connectivity index (χ2n) is 4.33. The number of nitrogens with one attached hydrogen (secondary N) is 1. The van der Waals surface area contributed by atoms with Crippen molar-refractivity contribution in [2.45, 2.75) is 20.4 Å². The molecule has 0 saturated carbocycles. The quantitative estimate of drug-likeness (QED) is 0.800. The van der Waals surface area contributed by atoms with Crippen LogP contribution in [0.2, 0.25) is 0 Å². The molecule has 3 aromatic heterocycles. The summed E-state index contributed by atoms with van der Waals surface area (Å²) in [5.74, 6) is 0.0688. The third-order valence-corrected chi connectivity index (χ3v) is 3.67. The summed E-state index contributed by atoms with van der Waals surface area (Å²) in [5.41, 5.74) is 1.25. The normalized spacial score (nSPS) is 10.8. The number of rotatable bonds is 4. The maximum Gasteiger partial charge on any atom is 0.322 e. The van der Waals surface area contributed by atoms with Crippen LogP contribution in [0.4, 0.5) is 6.01 Å². The van der Waals surface area contributed by atoms with Crippen molar-refractivity contribution in [3.63, 3.8) is 0 Å². The summed E-state index contributed by atoms with van der Waals surface area (Å²) in [7, 11) is 0. The topological polar surface area (TPSA) is 85.8 Å². The van der Waals surface area contributed by atoms with Gasteiger partial charge in [-0.05, 0) is 31.4 Å². The van der Waals surface area contributed by atoms with Crippen molar-refractivity contribution in [1.29, 1.82) is 0 Å². The standard InChI is InChI=1S/C13H13N5O2S/c1-3-18-9(7-8(2)17-18)11(19)14-13-16-15-12(20-13)10-5-4-6-21-10/h4-7H,3H2,1-2H3,(H,14,16,19). The molecule has 0 aliphatic rings. The lowest BCUT2D eigenvalue weighted by atomic mass is 10.3. The Morgan fingerprint density at radius 3 is 3.05 bits per heavy atom. The van der Waals surface area contributed by atoms with Crippen LogP contribution in [0.25, 0.3) is 10.8 Å². The van der Waals surface area contributed by atoms with Crippen molar-refractivity contribution in [1.82, 2.24) is 20.0 Å². The van der Waals surface area contributed by atoms with E-state index in [1.54, 1.807) is 10.7 Å². The zero-order valence-electron chi connectivity index (χ0n) is 11.5. The van der Waals surface area contributed by atoms with Crippen LogP contribution in [0.15, 0.2) is 28.0 Å². The Balaban J connectivity index is 1.79. The molecule has 0 atom stereocenters. The van der Waals surface area contributed by atoms with Gasteiger partial charge in [0.2, 0.25) is 0 Å². The van der Waals surface area contributed by atoms with Gasteiger partial charge in [-0.1, -0.05) is 11.2 Å². The van der Waals surface area contributed by atoms with Crippen LogP contribution in [0.3, 0.4) is 0 Å². The lowest BCUT2D eigenvalue weighted by Crippen LogP contribution is -2.17. The first-order valence-electron chi connectivity index (χ1n) is 6.40. The summed E-state index contributed by atoms with van der Waals surface area (Å²) >= 11 is 1.49. The van der Waals surface area contributed by atoms with Gasteiger partial charge in [-0.2, -0.15) is 5.10 Å². The molecule has 21 heavy (non-hydrogen) atoms. The average Bonchev–Trinajstić information content (AvgIpc) is 3.16. The zero-order chi connectivity index (χ0) is 14.8. The highest BCUT2D eigenvalue weighted by Gasteiger charge is 2.17. The maximum absolute atomic E-state index is 12.2. The molecule has 1 N–H and O–H groups in total. The minimum atomic E-state index is -0.321. The molecular weight excluding hydrogens is 290 g/mol. The van der Waals surface area contributed by atoms with Gasteiger partial charge in [0.15, 0.2) is 0 Å². The van der Waals surface area contributed by atoms with E-state index in [-0.39, 0.29) is 11.9 Å². The van der Waals surface area contributed by atoms with Crippen LogP contribution >= 0.6 is 11.3 Å². The van der Waals surface area contributed by atoms with Gasteiger partial charge >= 0.3 is 6.01 Å². The van der Waals surface area contributed by atoms with E-state index < -0.39 is 0 Å². The highest BCUT2D eigenvalue weighted by atomic mass is 32.1. The fourth-order valence-corrected chi connectivity index (χ4v) is 2.55. The Bertz CT molecular complexity index is 759. The van der Waals surface area contributed by atoms with Crippen LogP contribution in [0, 0.1) is 6.92 Å². The molecular formula is C13H13N5O2S. The van der Waals surface area contributed by atoms with Crippen molar-refractivity contribution >= 4 is 23.3 Å². The molecule has 0 aliphatic carbocycles. The molecule has 108 valence electrons. The molecule has 0 unspecified atom stereocenters. The first kappa shape index (κ1) is 13.5. The Kier molecular flexibility index (Phi) is 3.53. The van der Waals surface area contributed by atoms with Crippen LogP contribution in [-0.2, 0) is 6.54 Å². The number of amides is 1. The van der Waals surface area contributed by atoms with E-state index in [0.29, 0.717) is 18.1 Å². The second-order valence-corrected chi connectivity index (χ2v) is 5.28. The molecule has 3 heterocycles. The predicted octanol–water partition coefficient (Wildman–Crippen LogP) is 2.58. The van der Waals surface area contributed by atoms with Crippen molar-refractivity contribution in [3.05, 3.63) is 35.0 Å². The molecule has 8 heteroatoms. The minimum Gasteiger partial charge on any atom is -0.402 e. The molecule has 0 aromatic carbocycles. The smallest absolute Gasteiger partial charge is 0.322 e. The third kappa shape index (κ3) is 2.70. The summed E-state index contributed by atoms with van der Waals surface area (Å²) in [6.07, 6.45) is 0. The molecule has 0 radical (unpaired) electrons. The number of anilines is 1. The lowest BCUT2D eigenvalue weighted by Gasteiger charge is -2.02. The van der Waals surface area contributed by atoms with Crippen molar-refractivity contribution in [2.75, 3.05) is 5.32 Å². The average molecular weight is 303 g/mol. The van der Waals surface area contributed by atoms with Gasteiger partial charge in [0.1, 0.15) is 5.69 Å². The first-order valence-corrected chi connectivity index (χ1v) is 7.28. The Labute approximate surface area is 124 Å². The van der Waals surface area contributed by atoms with Gasteiger partial charge in [-0.15, -0.1) is 16.4 Å². The monoisotopic (exact) mass is 303 g/mol. The summed E-state index contributed by atoms with van der Waals surface area (Å²) in [5, 5.41) is 16.5. The molecule has 0 bridgehead atoms. The van der Waals surface area contributed by atoms with Crippen LogP contribution < -0.4 is 5.32 Å². The van der Waals surface area contributed by atoms with Crippen molar-refractivity contribution < 1.29 is 9.21 Å². The highest BCUT2D eigenvalue weighted by Crippen LogP contribution is 2.24. The van der Waals surface area contributed by atoms with E-state index in [2.05, 4.69) is 20.6 Å². The van der Waals surface area contributed by atoms with Crippen molar-refractivity contribution in [3.8, 4) is 10.8 Å². The van der Waals surface area contributed by atoms with Crippen LogP contribution in [0.1, 0.15) is 23.1 Å². The van der Waals surface area contributed by atoms with E-state index in [4.69, 9.17) is 4.42 Å². The number of aromatic nitrogens is 4. The first-order chi connectivity index (χ1) is 10.2. The fourth-order valence-electron chi connectivity index (χ4n) is 1.90. The van der Waals surface area contributed by atoms with Gasteiger partial charge in [0.05, 0.1) is 10.6 Å². The zero-order valence-corrected chi connectivity index (χ0v) is 12.3. The molecule has 0 fully saturated rings.